The van der Waals surface area contributed by atoms with Gasteiger partial charge >= 0.3 is 5.97 Å². The first-order valence-corrected chi connectivity index (χ1v) is 7.09. The van der Waals surface area contributed by atoms with Crippen LogP contribution in [0.25, 0.3) is 5.57 Å². The Labute approximate surface area is 130 Å². The van der Waals surface area contributed by atoms with Crippen LogP contribution in [0, 0.1) is 0 Å². The Kier molecular flexibility index (Phi) is 5.86. The van der Waals surface area contributed by atoms with Crippen molar-refractivity contribution in [2.24, 2.45) is 0 Å². The topological polar surface area (TPSA) is 48.4 Å². The zero-order chi connectivity index (χ0) is 15.8. The van der Waals surface area contributed by atoms with E-state index in [2.05, 4.69) is 18.1 Å². The third kappa shape index (κ3) is 4.27. The van der Waals surface area contributed by atoms with E-state index in [9.17, 15) is 4.79 Å². The van der Waals surface area contributed by atoms with E-state index in [1.165, 1.54) is 0 Å². The molecular weight excluding hydrogens is 278 g/mol. The van der Waals surface area contributed by atoms with Gasteiger partial charge in [0.1, 0.15) is 6.61 Å². The van der Waals surface area contributed by atoms with E-state index in [1.54, 1.807) is 36.6 Å². The fourth-order valence-electron chi connectivity index (χ4n) is 2.05. The van der Waals surface area contributed by atoms with Gasteiger partial charge in [0.2, 0.25) is 0 Å². The first-order valence-electron chi connectivity index (χ1n) is 7.09. The van der Waals surface area contributed by atoms with Crippen molar-refractivity contribution in [2.75, 3.05) is 19.8 Å². The third-order valence-corrected chi connectivity index (χ3v) is 3.25. The van der Waals surface area contributed by atoms with Crippen LogP contribution in [-0.2, 0) is 9.47 Å². The van der Waals surface area contributed by atoms with Gasteiger partial charge in [0.15, 0.2) is 0 Å². The van der Waals surface area contributed by atoms with Gasteiger partial charge in [0.05, 0.1) is 24.5 Å². The van der Waals surface area contributed by atoms with Gasteiger partial charge in [-0.25, -0.2) is 4.79 Å². The molecule has 1 aromatic rings. The average molecular weight is 297 g/mol. The molecule has 0 aliphatic carbocycles. The number of rotatable bonds is 6. The molecule has 1 aliphatic rings. The van der Waals surface area contributed by atoms with E-state index in [1.807, 2.05) is 6.08 Å². The summed E-state index contributed by atoms with van der Waals surface area (Å²) in [6.45, 7) is 8.71. The molecule has 0 bridgehead atoms. The van der Waals surface area contributed by atoms with Gasteiger partial charge in [-0.05, 0) is 29.7 Å². The Balaban J connectivity index is 2.07. The SMILES string of the molecule is C=C/C=C(\C=C)COC(=O)c1ccnc(C2=CCOCC2)c1. The third-order valence-electron chi connectivity index (χ3n) is 3.25. The number of hydrogen-bond donors (Lipinski definition) is 0. The van der Waals surface area contributed by atoms with Crippen molar-refractivity contribution in [3.8, 4) is 0 Å². The molecule has 0 spiro atoms. The van der Waals surface area contributed by atoms with Crippen molar-refractivity contribution < 1.29 is 14.3 Å². The van der Waals surface area contributed by atoms with Crippen LogP contribution in [0.3, 0.4) is 0 Å². The standard InChI is InChI=1S/C18H19NO3/c1-3-5-14(4-2)13-22-18(20)16-6-9-19-17(12-16)15-7-10-21-11-8-15/h3-7,9,12H,1-2,8,10-11,13H2/b14-5+. The van der Waals surface area contributed by atoms with E-state index in [4.69, 9.17) is 9.47 Å². The van der Waals surface area contributed by atoms with Gasteiger partial charge in [-0.15, -0.1) is 0 Å². The lowest BCUT2D eigenvalue weighted by molar-refractivity contribution is 0.0542. The predicted octanol–water partition coefficient (Wildman–Crippen LogP) is 3.34. The molecule has 0 amide bonds. The monoisotopic (exact) mass is 297 g/mol. The average Bonchev–Trinajstić information content (AvgIpc) is 2.59. The van der Waals surface area contributed by atoms with Crippen molar-refractivity contribution in [2.45, 2.75) is 6.42 Å². The van der Waals surface area contributed by atoms with Gasteiger partial charge < -0.3 is 9.47 Å². The Morgan fingerprint density at radius 2 is 2.32 bits per heavy atom. The molecule has 0 atom stereocenters. The van der Waals surface area contributed by atoms with Crippen molar-refractivity contribution in [1.82, 2.24) is 4.98 Å². The summed E-state index contributed by atoms with van der Waals surface area (Å²) >= 11 is 0. The molecule has 2 heterocycles. The fourth-order valence-corrected chi connectivity index (χ4v) is 2.05. The maximum Gasteiger partial charge on any atom is 0.338 e. The molecule has 0 aromatic carbocycles. The maximum absolute atomic E-state index is 12.1. The van der Waals surface area contributed by atoms with E-state index in [-0.39, 0.29) is 12.6 Å². The summed E-state index contributed by atoms with van der Waals surface area (Å²) in [5.74, 6) is -0.381. The van der Waals surface area contributed by atoms with E-state index in [0.717, 1.165) is 23.3 Å². The van der Waals surface area contributed by atoms with Crippen LogP contribution >= 0.6 is 0 Å². The second-order valence-corrected chi connectivity index (χ2v) is 4.74. The quantitative estimate of drug-likeness (QED) is 0.597. The van der Waals surface area contributed by atoms with E-state index in [0.29, 0.717) is 18.8 Å². The van der Waals surface area contributed by atoms with Crippen LogP contribution in [0.4, 0.5) is 0 Å². The van der Waals surface area contributed by atoms with Crippen molar-refractivity contribution in [3.63, 3.8) is 0 Å². The lowest BCUT2D eigenvalue weighted by Gasteiger charge is -2.13. The summed E-state index contributed by atoms with van der Waals surface area (Å²) < 4.78 is 10.6. The number of carbonyl (C=O) groups excluding carboxylic acids is 1. The smallest absolute Gasteiger partial charge is 0.338 e. The molecule has 114 valence electrons. The second kappa shape index (κ2) is 8.10. The molecule has 0 N–H and O–H groups in total. The minimum atomic E-state index is -0.381. The highest BCUT2D eigenvalue weighted by Gasteiger charge is 2.12. The minimum Gasteiger partial charge on any atom is -0.457 e. The molecular formula is C18H19NO3. The van der Waals surface area contributed by atoms with Gasteiger partial charge in [-0.3, -0.25) is 4.98 Å². The van der Waals surface area contributed by atoms with Crippen molar-refractivity contribution in [3.05, 3.63) is 72.6 Å². The van der Waals surface area contributed by atoms with Crippen molar-refractivity contribution in [1.29, 1.82) is 0 Å². The van der Waals surface area contributed by atoms with E-state index < -0.39 is 0 Å². The first-order chi connectivity index (χ1) is 10.7. The highest BCUT2D eigenvalue weighted by Crippen LogP contribution is 2.20. The van der Waals surface area contributed by atoms with Crippen LogP contribution in [0.1, 0.15) is 22.5 Å². The van der Waals surface area contributed by atoms with E-state index >= 15 is 0 Å². The van der Waals surface area contributed by atoms with Crippen LogP contribution in [0.5, 0.6) is 0 Å². The van der Waals surface area contributed by atoms with Gasteiger partial charge in [-0.2, -0.15) is 0 Å². The first kappa shape index (κ1) is 15.9. The zero-order valence-electron chi connectivity index (χ0n) is 12.5. The number of carbonyl (C=O) groups is 1. The second-order valence-electron chi connectivity index (χ2n) is 4.74. The van der Waals surface area contributed by atoms with Crippen LogP contribution in [-0.4, -0.2) is 30.8 Å². The molecule has 2 rings (SSSR count). The molecule has 22 heavy (non-hydrogen) atoms. The molecule has 1 aromatic heterocycles. The van der Waals surface area contributed by atoms with Crippen molar-refractivity contribution >= 4 is 11.5 Å². The Hall–Kier alpha value is -2.46. The Morgan fingerprint density at radius 1 is 1.45 bits per heavy atom. The van der Waals surface area contributed by atoms with Gasteiger partial charge in [-0.1, -0.05) is 37.5 Å². The number of allylic oxidation sites excluding steroid dienone is 2. The summed E-state index contributed by atoms with van der Waals surface area (Å²) in [4.78, 5) is 16.4. The number of ether oxygens (including phenoxy) is 2. The van der Waals surface area contributed by atoms with Crippen LogP contribution in [0.2, 0.25) is 0 Å². The highest BCUT2D eigenvalue weighted by atomic mass is 16.5. The molecule has 0 saturated carbocycles. The summed E-state index contributed by atoms with van der Waals surface area (Å²) in [5, 5.41) is 0. The predicted molar refractivity (Wildman–Crippen MR) is 86.4 cm³/mol. The summed E-state index contributed by atoms with van der Waals surface area (Å²) in [6, 6.07) is 3.40. The Morgan fingerprint density at radius 3 is 3.00 bits per heavy atom. The summed E-state index contributed by atoms with van der Waals surface area (Å²) in [7, 11) is 0. The molecule has 1 aliphatic heterocycles. The number of pyridine rings is 1. The Bertz CT molecular complexity index is 629. The summed E-state index contributed by atoms with van der Waals surface area (Å²) in [6.07, 6.45) is 9.44. The fraction of sp³-hybridized carbons (Fsp3) is 0.222. The largest absolute Gasteiger partial charge is 0.457 e. The molecule has 0 saturated heterocycles. The number of nitrogens with zero attached hydrogens (tertiary/aromatic N) is 1. The highest BCUT2D eigenvalue weighted by molar-refractivity contribution is 5.90. The lowest BCUT2D eigenvalue weighted by atomic mass is 10.1. The number of esters is 1. The molecule has 0 fully saturated rings. The maximum atomic E-state index is 12.1. The lowest BCUT2D eigenvalue weighted by Crippen LogP contribution is -2.09. The normalized spacial score (nSPS) is 14.9. The van der Waals surface area contributed by atoms with Gasteiger partial charge in [0, 0.05) is 6.20 Å². The van der Waals surface area contributed by atoms with Gasteiger partial charge in [0.25, 0.3) is 0 Å². The minimum absolute atomic E-state index is 0.169. The number of aromatic nitrogens is 1. The zero-order valence-corrected chi connectivity index (χ0v) is 12.5. The molecule has 0 radical (unpaired) electrons. The summed E-state index contributed by atoms with van der Waals surface area (Å²) in [5.41, 5.74) is 3.17. The van der Waals surface area contributed by atoms with Crippen LogP contribution < -0.4 is 0 Å². The number of hydrogen-bond acceptors (Lipinski definition) is 4. The molecule has 4 heteroatoms. The van der Waals surface area contributed by atoms with Crippen LogP contribution in [0.15, 0.2) is 61.4 Å². The molecule has 4 nitrogen and oxygen atoms in total. The molecule has 0 unspecified atom stereocenters.